The second-order valence-electron chi connectivity index (χ2n) is 7.08. The lowest BCUT2D eigenvalue weighted by Crippen LogP contribution is -2.12. The predicted molar refractivity (Wildman–Crippen MR) is 112 cm³/mol. The number of thioether (sulfide) groups is 1. The Morgan fingerprint density at radius 3 is 2.71 bits per heavy atom. The summed E-state index contributed by atoms with van der Waals surface area (Å²) in [5.41, 5.74) is 3.25. The number of benzene rings is 1. The lowest BCUT2D eigenvalue weighted by atomic mass is 9.95. The SMILES string of the molecule is CCOC(=O)CSc1ncnc2c1c(-c1ccccc1)cn2C1CCCCC1. The highest BCUT2D eigenvalue weighted by Gasteiger charge is 2.23. The third kappa shape index (κ3) is 3.92. The van der Waals surface area contributed by atoms with Crippen molar-refractivity contribution in [1.29, 1.82) is 0 Å². The molecule has 1 aliphatic carbocycles. The largest absolute Gasteiger partial charge is 0.465 e. The van der Waals surface area contributed by atoms with E-state index < -0.39 is 0 Å². The molecule has 5 nitrogen and oxygen atoms in total. The highest BCUT2D eigenvalue weighted by atomic mass is 32.2. The summed E-state index contributed by atoms with van der Waals surface area (Å²) >= 11 is 1.43. The Hall–Kier alpha value is -2.34. The van der Waals surface area contributed by atoms with E-state index in [1.807, 2.05) is 25.1 Å². The number of hydrogen-bond acceptors (Lipinski definition) is 5. The Morgan fingerprint density at radius 1 is 1.18 bits per heavy atom. The van der Waals surface area contributed by atoms with E-state index in [4.69, 9.17) is 4.74 Å². The number of rotatable bonds is 6. The predicted octanol–water partition coefficient (Wildman–Crippen LogP) is 5.26. The van der Waals surface area contributed by atoms with E-state index in [1.165, 1.54) is 43.9 Å². The maximum Gasteiger partial charge on any atom is 0.316 e. The van der Waals surface area contributed by atoms with Gasteiger partial charge in [0.15, 0.2) is 0 Å². The molecule has 1 saturated carbocycles. The summed E-state index contributed by atoms with van der Waals surface area (Å²) in [5, 5.41) is 1.88. The van der Waals surface area contributed by atoms with Gasteiger partial charge in [-0.1, -0.05) is 61.4 Å². The average molecular weight is 396 g/mol. The van der Waals surface area contributed by atoms with Crippen molar-refractivity contribution in [3.8, 4) is 11.1 Å². The van der Waals surface area contributed by atoms with Gasteiger partial charge in [0.2, 0.25) is 0 Å². The number of aromatic nitrogens is 3. The Balaban J connectivity index is 1.79. The minimum absolute atomic E-state index is 0.216. The van der Waals surface area contributed by atoms with E-state index in [-0.39, 0.29) is 11.7 Å². The second kappa shape index (κ2) is 8.78. The normalized spacial score (nSPS) is 15.0. The molecule has 2 aromatic heterocycles. The molecule has 2 heterocycles. The van der Waals surface area contributed by atoms with E-state index in [0.717, 1.165) is 27.2 Å². The fourth-order valence-electron chi connectivity index (χ4n) is 3.97. The molecule has 0 spiro atoms. The van der Waals surface area contributed by atoms with Gasteiger partial charge < -0.3 is 9.30 Å². The zero-order valence-corrected chi connectivity index (χ0v) is 17.0. The van der Waals surface area contributed by atoms with Crippen LogP contribution in [0.3, 0.4) is 0 Å². The quantitative estimate of drug-likeness (QED) is 0.324. The molecule has 4 rings (SSSR count). The van der Waals surface area contributed by atoms with Crippen molar-refractivity contribution in [1.82, 2.24) is 14.5 Å². The maximum absolute atomic E-state index is 11.9. The first-order chi connectivity index (χ1) is 13.8. The number of nitrogens with zero attached hydrogens (tertiary/aromatic N) is 3. The molecule has 0 N–H and O–H groups in total. The summed E-state index contributed by atoms with van der Waals surface area (Å²) in [7, 11) is 0. The van der Waals surface area contributed by atoms with Gasteiger partial charge in [0.05, 0.1) is 17.7 Å². The maximum atomic E-state index is 11.9. The van der Waals surface area contributed by atoms with Crippen LogP contribution >= 0.6 is 11.8 Å². The lowest BCUT2D eigenvalue weighted by Gasteiger charge is -2.23. The van der Waals surface area contributed by atoms with Crippen LogP contribution in [0.1, 0.15) is 45.1 Å². The van der Waals surface area contributed by atoms with Crippen LogP contribution in [0.4, 0.5) is 0 Å². The average Bonchev–Trinajstić information content (AvgIpc) is 3.14. The fraction of sp³-hybridized carbons (Fsp3) is 0.409. The van der Waals surface area contributed by atoms with E-state index >= 15 is 0 Å². The fourth-order valence-corrected chi connectivity index (χ4v) is 4.78. The Kier molecular flexibility index (Phi) is 5.95. The minimum atomic E-state index is -0.216. The molecule has 146 valence electrons. The zero-order valence-electron chi connectivity index (χ0n) is 16.1. The van der Waals surface area contributed by atoms with Gasteiger partial charge in [-0.05, 0) is 25.3 Å². The molecule has 1 aliphatic rings. The number of fused-ring (bicyclic) bond motifs is 1. The van der Waals surface area contributed by atoms with Gasteiger partial charge in [-0.3, -0.25) is 4.79 Å². The van der Waals surface area contributed by atoms with Gasteiger partial charge in [-0.2, -0.15) is 0 Å². The molecule has 0 unspecified atom stereocenters. The molecule has 0 saturated heterocycles. The van der Waals surface area contributed by atoms with Gasteiger partial charge in [-0.15, -0.1) is 0 Å². The summed E-state index contributed by atoms with van der Waals surface area (Å²) in [6.45, 7) is 2.22. The molecule has 1 aromatic carbocycles. The molecule has 3 aromatic rings. The van der Waals surface area contributed by atoms with Gasteiger partial charge >= 0.3 is 5.97 Å². The number of ether oxygens (including phenoxy) is 1. The molecule has 0 radical (unpaired) electrons. The van der Waals surface area contributed by atoms with Crippen LogP contribution in [0.5, 0.6) is 0 Å². The zero-order chi connectivity index (χ0) is 19.3. The molecule has 0 bridgehead atoms. The highest BCUT2D eigenvalue weighted by Crippen LogP contribution is 2.39. The monoisotopic (exact) mass is 395 g/mol. The molecule has 28 heavy (non-hydrogen) atoms. The molecule has 0 aliphatic heterocycles. The molecule has 0 atom stereocenters. The van der Waals surface area contributed by atoms with Crippen LogP contribution < -0.4 is 0 Å². The topological polar surface area (TPSA) is 57.0 Å². The van der Waals surface area contributed by atoms with Gasteiger partial charge in [0.25, 0.3) is 0 Å². The van der Waals surface area contributed by atoms with Crippen molar-refractivity contribution in [3.05, 3.63) is 42.9 Å². The number of hydrogen-bond donors (Lipinski definition) is 0. The van der Waals surface area contributed by atoms with Crippen molar-refractivity contribution >= 4 is 28.8 Å². The third-order valence-corrected chi connectivity index (χ3v) is 6.22. The first-order valence-electron chi connectivity index (χ1n) is 9.97. The summed E-state index contributed by atoms with van der Waals surface area (Å²) in [4.78, 5) is 21.0. The molecule has 6 heteroatoms. The summed E-state index contributed by atoms with van der Waals surface area (Å²) in [6, 6.07) is 10.8. The van der Waals surface area contributed by atoms with Gasteiger partial charge in [0, 0.05) is 17.8 Å². The van der Waals surface area contributed by atoms with Crippen LogP contribution in [-0.2, 0) is 9.53 Å². The van der Waals surface area contributed by atoms with Crippen molar-refractivity contribution in [2.45, 2.75) is 50.1 Å². The Labute approximate surface area is 169 Å². The van der Waals surface area contributed by atoms with Crippen molar-refractivity contribution in [2.24, 2.45) is 0 Å². The van der Waals surface area contributed by atoms with E-state index in [2.05, 4.69) is 32.9 Å². The van der Waals surface area contributed by atoms with Crippen molar-refractivity contribution < 1.29 is 9.53 Å². The van der Waals surface area contributed by atoms with Crippen LogP contribution in [-0.4, -0.2) is 32.9 Å². The second-order valence-corrected chi connectivity index (χ2v) is 8.04. The summed E-state index contributed by atoms with van der Waals surface area (Å²) < 4.78 is 7.42. The number of carbonyl (C=O) groups excluding carboxylic acids is 1. The van der Waals surface area contributed by atoms with Crippen LogP contribution in [0.25, 0.3) is 22.2 Å². The smallest absolute Gasteiger partial charge is 0.316 e. The first-order valence-corrected chi connectivity index (χ1v) is 11.0. The van der Waals surface area contributed by atoms with Gasteiger partial charge in [0.1, 0.15) is 17.0 Å². The van der Waals surface area contributed by atoms with Crippen LogP contribution in [0.15, 0.2) is 47.9 Å². The van der Waals surface area contributed by atoms with Crippen LogP contribution in [0, 0.1) is 0 Å². The molecule has 1 fully saturated rings. The molecule has 0 amide bonds. The number of carbonyl (C=O) groups is 1. The third-order valence-electron chi connectivity index (χ3n) is 5.26. The number of esters is 1. The van der Waals surface area contributed by atoms with Crippen molar-refractivity contribution in [2.75, 3.05) is 12.4 Å². The van der Waals surface area contributed by atoms with E-state index in [9.17, 15) is 4.79 Å². The minimum Gasteiger partial charge on any atom is -0.465 e. The summed E-state index contributed by atoms with van der Waals surface area (Å²) in [6.07, 6.45) is 10.1. The first kappa shape index (κ1) is 19.0. The molecular weight excluding hydrogens is 370 g/mol. The van der Waals surface area contributed by atoms with E-state index in [1.54, 1.807) is 6.33 Å². The van der Waals surface area contributed by atoms with Crippen LogP contribution in [0.2, 0.25) is 0 Å². The standard InChI is InChI=1S/C22H25N3O2S/c1-2-27-19(26)14-28-22-20-18(16-9-5-3-6-10-16)13-25(21(20)23-15-24-22)17-11-7-4-8-12-17/h3,5-6,9-10,13,15,17H,2,4,7-8,11-12,14H2,1H3. The highest BCUT2D eigenvalue weighted by molar-refractivity contribution is 8.00. The van der Waals surface area contributed by atoms with Crippen molar-refractivity contribution in [3.63, 3.8) is 0 Å². The Morgan fingerprint density at radius 2 is 1.96 bits per heavy atom. The lowest BCUT2D eigenvalue weighted by molar-refractivity contribution is -0.139. The van der Waals surface area contributed by atoms with E-state index in [0.29, 0.717) is 12.6 Å². The van der Waals surface area contributed by atoms with Gasteiger partial charge in [-0.25, -0.2) is 9.97 Å². The molecular formula is C22H25N3O2S. The Bertz CT molecular complexity index is 949. The summed E-state index contributed by atoms with van der Waals surface area (Å²) in [5.74, 6) is 0.0372.